The third kappa shape index (κ3) is 4.89. The largest absolute Gasteiger partial charge is 0.493 e. The van der Waals surface area contributed by atoms with Crippen LogP contribution in [-0.2, 0) is 11.3 Å². The Balaban J connectivity index is 1.96. The van der Waals surface area contributed by atoms with E-state index in [9.17, 15) is 4.79 Å². The maximum atomic E-state index is 12.3. The molecule has 0 heterocycles. The van der Waals surface area contributed by atoms with Crippen LogP contribution in [0.25, 0.3) is 0 Å². The molecule has 0 spiro atoms. The first-order chi connectivity index (χ1) is 11.1. The lowest BCUT2D eigenvalue weighted by molar-refractivity contribution is -0.128. The summed E-state index contributed by atoms with van der Waals surface area (Å²) in [6.07, 6.45) is -0.0107. The molecule has 0 aliphatic carbocycles. The van der Waals surface area contributed by atoms with Gasteiger partial charge in [0, 0.05) is 11.6 Å². The van der Waals surface area contributed by atoms with E-state index in [2.05, 4.69) is 5.32 Å². The van der Waals surface area contributed by atoms with Gasteiger partial charge in [-0.15, -0.1) is 0 Å². The van der Waals surface area contributed by atoms with Gasteiger partial charge in [0.1, 0.15) is 0 Å². The molecule has 0 aromatic heterocycles. The first-order valence-electron chi connectivity index (χ1n) is 7.46. The number of carbonyl (C=O) groups is 1. The number of methoxy groups -OCH3 is 1. The van der Waals surface area contributed by atoms with Crippen molar-refractivity contribution in [3.63, 3.8) is 0 Å². The summed E-state index contributed by atoms with van der Waals surface area (Å²) in [6, 6.07) is 14.6. The summed E-state index contributed by atoms with van der Waals surface area (Å²) < 4.78 is 11.0. The highest BCUT2D eigenvalue weighted by Crippen LogP contribution is 2.27. The van der Waals surface area contributed by atoms with Crippen LogP contribution in [0.1, 0.15) is 18.9 Å². The van der Waals surface area contributed by atoms with Crippen LogP contribution in [0.2, 0.25) is 5.02 Å². The molecule has 1 atom stereocenters. The summed E-state index contributed by atoms with van der Waals surface area (Å²) in [5.74, 6) is 1.01. The molecule has 4 nitrogen and oxygen atoms in total. The monoisotopic (exact) mass is 333 g/mol. The van der Waals surface area contributed by atoms with Crippen LogP contribution in [0.4, 0.5) is 0 Å². The smallest absolute Gasteiger partial charge is 0.261 e. The van der Waals surface area contributed by atoms with Gasteiger partial charge in [-0.05, 0) is 36.2 Å². The summed E-state index contributed by atoms with van der Waals surface area (Å²) >= 11 is 5.85. The normalized spacial score (nSPS) is 11.6. The molecule has 1 amide bonds. The Morgan fingerprint density at radius 3 is 2.39 bits per heavy atom. The Kier molecular flexibility index (Phi) is 6.29. The van der Waals surface area contributed by atoms with Crippen LogP contribution < -0.4 is 14.8 Å². The number of rotatable bonds is 7. The van der Waals surface area contributed by atoms with Crippen molar-refractivity contribution in [2.24, 2.45) is 0 Å². The maximum absolute atomic E-state index is 12.3. The fourth-order valence-corrected chi connectivity index (χ4v) is 2.22. The molecule has 0 radical (unpaired) electrons. The Morgan fingerprint density at radius 1 is 1.13 bits per heavy atom. The molecule has 2 aromatic rings. The van der Waals surface area contributed by atoms with Crippen molar-refractivity contribution in [2.75, 3.05) is 7.11 Å². The lowest BCUT2D eigenvalue weighted by Crippen LogP contribution is -2.37. The van der Waals surface area contributed by atoms with Crippen LogP contribution >= 0.6 is 11.6 Å². The number of carbonyl (C=O) groups excluding carboxylic acids is 1. The zero-order valence-corrected chi connectivity index (χ0v) is 14.0. The van der Waals surface area contributed by atoms with Crippen molar-refractivity contribution in [3.05, 3.63) is 59.1 Å². The number of amides is 1. The molecule has 0 unspecified atom stereocenters. The summed E-state index contributed by atoms with van der Waals surface area (Å²) in [6.45, 7) is 2.34. The molecule has 122 valence electrons. The molecule has 23 heavy (non-hydrogen) atoms. The van der Waals surface area contributed by atoms with Crippen LogP contribution in [0.3, 0.4) is 0 Å². The van der Waals surface area contributed by atoms with Crippen molar-refractivity contribution in [3.8, 4) is 11.5 Å². The molecule has 0 aliphatic heterocycles. The van der Waals surface area contributed by atoms with E-state index < -0.39 is 6.10 Å². The van der Waals surface area contributed by atoms with Gasteiger partial charge < -0.3 is 14.8 Å². The Labute approximate surface area is 141 Å². The summed E-state index contributed by atoms with van der Waals surface area (Å²) in [4.78, 5) is 12.3. The predicted molar refractivity (Wildman–Crippen MR) is 91.0 cm³/mol. The SMILES string of the molecule is CC[C@@H](Oc1ccccc1OC)C(=O)NCc1ccc(Cl)cc1. The number of benzene rings is 2. The van der Waals surface area contributed by atoms with Crippen molar-refractivity contribution < 1.29 is 14.3 Å². The lowest BCUT2D eigenvalue weighted by Gasteiger charge is -2.18. The van der Waals surface area contributed by atoms with E-state index in [1.54, 1.807) is 31.4 Å². The van der Waals surface area contributed by atoms with Gasteiger partial charge in [-0.1, -0.05) is 42.8 Å². The van der Waals surface area contributed by atoms with Gasteiger partial charge in [0.25, 0.3) is 5.91 Å². The Hall–Kier alpha value is -2.20. The fourth-order valence-electron chi connectivity index (χ4n) is 2.10. The minimum atomic E-state index is -0.571. The summed E-state index contributed by atoms with van der Waals surface area (Å²) in [7, 11) is 1.57. The number of nitrogens with one attached hydrogen (secondary N) is 1. The second kappa shape index (κ2) is 8.44. The van der Waals surface area contributed by atoms with Crippen LogP contribution in [-0.4, -0.2) is 19.1 Å². The topological polar surface area (TPSA) is 47.6 Å². The van der Waals surface area contributed by atoms with E-state index in [-0.39, 0.29) is 5.91 Å². The van der Waals surface area contributed by atoms with E-state index in [1.807, 2.05) is 31.2 Å². The molecule has 0 aliphatic rings. The van der Waals surface area contributed by atoms with Crippen molar-refractivity contribution in [1.29, 1.82) is 0 Å². The van der Waals surface area contributed by atoms with E-state index in [0.29, 0.717) is 29.5 Å². The molecule has 2 rings (SSSR count). The predicted octanol–water partition coefficient (Wildman–Crippen LogP) is 3.82. The average Bonchev–Trinajstić information content (AvgIpc) is 2.59. The Morgan fingerprint density at radius 2 is 1.78 bits per heavy atom. The number of hydrogen-bond donors (Lipinski definition) is 1. The van der Waals surface area contributed by atoms with Crippen LogP contribution in [0.5, 0.6) is 11.5 Å². The van der Waals surface area contributed by atoms with E-state index in [0.717, 1.165) is 5.56 Å². The van der Waals surface area contributed by atoms with E-state index in [1.165, 1.54) is 0 Å². The molecule has 1 N–H and O–H groups in total. The van der Waals surface area contributed by atoms with Gasteiger partial charge >= 0.3 is 0 Å². The molecule has 0 fully saturated rings. The summed E-state index contributed by atoms with van der Waals surface area (Å²) in [5, 5.41) is 3.55. The van der Waals surface area contributed by atoms with Gasteiger partial charge in [0.2, 0.25) is 0 Å². The van der Waals surface area contributed by atoms with Gasteiger partial charge in [0.15, 0.2) is 17.6 Å². The van der Waals surface area contributed by atoms with Crippen molar-refractivity contribution in [2.45, 2.75) is 26.0 Å². The molecular formula is C18H20ClNO3. The average molecular weight is 334 g/mol. The molecule has 0 bridgehead atoms. The van der Waals surface area contributed by atoms with Crippen LogP contribution in [0, 0.1) is 0 Å². The minimum Gasteiger partial charge on any atom is -0.493 e. The fraction of sp³-hybridized carbons (Fsp3) is 0.278. The van der Waals surface area contributed by atoms with E-state index >= 15 is 0 Å². The highest BCUT2D eigenvalue weighted by Gasteiger charge is 2.19. The summed E-state index contributed by atoms with van der Waals surface area (Å²) in [5.41, 5.74) is 0.981. The number of hydrogen-bond acceptors (Lipinski definition) is 3. The highest BCUT2D eigenvalue weighted by atomic mass is 35.5. The van der Waals surface area contributed by atoms with Crippen LogP contribution in [0.15, 0.2) is 48.5 Å². The maximum Gasteiger partial charge on any atom is 0.261 e. The first-order valence-corrected chi connectivity index (χ1v) is 7.83. The molecule has 0 saturated carbocycles. The number of ether oxygens (including phenoxy) is 2. The second-order valence-electron chi connectivity index (χ2n) is 5.01. The third-order valence-electron chi connectivity index (χ3n) is 3.38. The second-order valence-corrected chi connectivity index (χ2v) is 5.45. The van der Waals surface area contributed by atoms with Crippen molar-refractivity contribution in [1.82, 2.24) is 5.32 Å². The molecule has 5 heteroatoms. The Bertz CT molecular complexity index is 643. The highest BCUT2D eigenvalue weighted by molar-refractivity contribution is 6.30. The van der Waals surface area contributed by atoms with Gasteiger partial charge in [-0.25, -0.2) is 0 Å². The van der Waals surface area contributed by atoms with Gasteiger partial charge in [0.05, 0.1) is 7.11 Å². The minimum absolute atomic E-state index is 0.159. The van der Waals surface area contributed by atoms with Crippen molar-refractivity contribution >= 4 is 17.5 Å². The molecule has 0 saturated heterocycles. The van der Waals surface area contributed by atoms with E-state index in [4.69, 9.17) is 21.1 Å². The molecular weight excluding hydrogens is 314 g/mol. The zero-order valence-electron chi connectivity index (χ0n) is 13.2. The van der Waals surface area contributed by atoms with Gasteiger partial charge in [-0.2, -0.15) is 0 Å². The zero-order chi connectivity index (χ0) is 16.7. The lowest BCUT2D eigenvalue weighted by atomic mass is 10.2. The molecule has 2 aromatic carbocycles. The third-order valence-corrected chi connectivity index (χ3v) is 3.63. The first kappa shape index (κ1) is 17.2. The number of halogens is 1. The quantitative estimate of drug-likeness (QED) is 0.837. The van der Waals surface area contributed by atoms with Gasteiger partial charge in [-0.3, -0.25) is 4.79 Å². The standard InChI is InChI=1S/C18H20ClNO3/c1-3-15(23-17-7-5-4-6-16(17)22-2)18(21)20-12-13-8-10-14(19)11-9-13/h4-11,15H,3,12H2,1-2H3,(H,20,21)/t15-/m1/s1. The number of para-hydroxylation sites is 2.